The highest BCUT2D eigenvalue weighted by Crippen LogP contribution is 2.24. The third kappa shape index (κ3) is 5.72. The lowest BCUT2D eigenvalue weighted by atomic mass is 9.97. The van der Waals surface area contributed by atoms with Crippen molar-refractivity contribution < 1.29 is 22.7 Å². The van der Waals surface area contributed by atoms with Crippen molar-refractivity contribution in [2.75, 3.05) is 29.9 Å². The maximum atomic E-state index is 12.6. The van der Waals surface area contributed by atoms with Crippen molar-refractivity contribution in [2.24, 2.45) is 5.92 Å². The van der Waals surface area contributed by atoms with E-state index in [0.29, 0.717) is 23.2 Å². The predicted molar refractivity (Wildman–Crippen MR) is 98.6 cm³/mol. The Kier molecular flexibility index (Phi) is 6.23. The zero-order chi connectivity index (χ0) is 20.1. The normalized spacial score (nSPS) is 17.3. The molecule has 0 unspecified atom stereocenters. The van der Waals surface area contributed by atoms with Crippen LogP contribution in [0.4, 0.5) is 24.7 Å². The molecule has 1 fully saturated rings. The molecule has 1 saturated heterocycles. The van der Waals surface area contributed by atoms with Gasteiger partial charge in [-0.15, -0.1) is 10.2 Å². The Labute approximate surface area is 164 Å². The molecule has 1 aliphatic rings. The van der Waals surface area contributed by atoms with Crippen LogP contribution in [0, 0.1) is 5.92 Å². The Morgan fingerprint density at radius 3 is 2.61 bits per heavy atom. The lowest BCUT2D eigenvalue weighted by Gasteiger charge is -2.32. The summed E-state index contributed by atoms with van der Waals surface area (Å²) in [5.41, 5.74) is 0.493. The molecule has 0 aliphatic carbocycles. The van der Waals surface area contributed by atoms with Crippen LogP contribution in [-0.2, 0) is 4.79 Å². The molecule has 6 nitrogen and oxygen atoms in total. The van der Waals surface area contributed by atoms with Gasteiger partial charge in [0.1, 0.15) is 5.75 Å². The summed E-state index contributed by atoms with van der Waals surface area (Å²) in [7, 11) is 0. The first-order valence-corrected chi connectivity index (χ1v) is 9.02. The van der Waals surface area contributed by atoms with Gasteiger partial charge in [0.05, 0.1) is 5.92 Å². The SMILES string of the molecule is O=C(Nc1ccc(OCC(F)(F)F)cc1)[C@H]1CCCN(c2ccc(Cl)nn2)C1. The number of rotatable bonds is 5. The van der Waals surface area contributed by atoms with Crippen LogP contribution in [0.15, 0.2) is 36.4 Å². The van der Waals surface area contributed by atoms with Gasteiger partial charge in [-0.2, -0.15) is 13.2 Å². The monoisotopic (exact) mass is 414 g/mol. The number of carbonyl (C=O) groups excluding carboxylic acids is 1. The van der Waals surface area contributed by atoms with E-state index in [1.807, 2.05) is 4.90 Å². The number of nitrogens with one attached hydrogen (secondary N) is 1. The number of hydrogen-bond acceptors (Lipinski definition) is 5. The van der Waals surface area contributed by atoms with Crippen molar-refractivity contribution in [3.05, 3.63) is 41.6 Å². The second-order valence-electron chi connectivity index (χ2n) is 6.42. The molecule has 28 heavy (non-hydrogen) atoms. The summed E-state index contributed by atoms with van der Waals surface area (Å²) in [5.74, 6) is 0.344. The number of ether oxygens (including phenoxy) is 1. The molecule has 1 aromatic heterocycles. The first-order chi connectivity index (χ1) is 13.3. The van der Waals surface area contributed by atoms with Gasteiger partial charge in [-0.05, 0) is 49.2 Å². The molecule has 10 heteroatoms. The second-order valence-corrected chi connectivity index (χ2v) is 6.80. The van der Waals surface area contributed by atoms with Crippen LogP contribution in [0.5, 0.6) is 5.75 Å². The van der Waals surface area contributed by atoms with Gasteiger partial charge >= 0.3 is 6.18 Å². The zero-order valence-corrected chi connectivity index (χ0v) is 15.5. The minimum atomic E-state index is -4.39. The van der Waals surface area contributed by atoms with Crippen LogP contribution in [0.2, 0.25) is 5.15 Å². The van der Waals surface area contributed by atoms with Crippen LogP contribution in [0.1, 0.15) is 12.8 Å². The molecule has 2 aromatic rings. The molecule has 0 radical (unpaired) electrons. The number of carbonyl (C=O) groups is 1. The highest BCUT2D eigenvalue weighted by Gasteiger charge is 2.29. The van der Waals surface area contributed by atoms with Gasteiger partial charge in [0, 0.05) is 18.8 Å². The number of anilines is 2. The summed E-state index contributed by atoms with van der Waals surface area (Å²) < 4.78 is 41.2. The van der Waals surface area contributed by atoms with Crippen molar-refractivity contribution >= 4 is 29.0 Å². The van der Waals surface area contributed by atoms with E-state index in [1.165, 1.54) is 24.3 Å². The molecule has 0 bridgehead atoms. The minimum Gasteiger partial charge on any atom is -0.484 e. The van der Waals surface area contributed by atoms with Crippen LogP contribution < -0.4 is 15.0 Å². The Morgan fingerprint density at radius 1 is 1.21 bits per heavy atom. The number of benzene rings is 1. The highest BCUT2D eigenvalue weighted by atomic mass is 35.5. The van der Waals surface area contributed by atoms with E-state index < -0.39 is 12.8 Å². The molecule has 2 heterocycles. The third-order valence-electron chi connectivity index (χ3n) is 4.26. The lowest BCUT2D eigenvalue weighted by Crippen LogP contribution is -2.41. The number of alkyl halides is 3. The molecule has 0 spiro atoms. The second kappa shape index (κ2) is 8.64. The Bertz CT molecular complexity index is 800. The van der Waals surface area contributed by atoms with Crippen molar-refractivity contribution in [2.45, 2.75) is 19.0 Å². The van der Waals surface area contributed by atoms with Crippen LogP contribution in [-0.4, -0.2) is 42.0 Å². The Balaban J connectivity index is 1.55. The van der Waals surface area contributed by atoms with Crippen molar-refractivity contribution in [3.8, 4) is 5.75 Å². The van der Waals surface area contributed by atoms with E-state index in [1.54, 1.807) is 12.1 Å². The summed E-state index contributed by atoms with van der Waals surface area (Å²) >= 11 is 5.75. The highest BCUT2D eigenvalue weighted by molar-refractivity contribution is 6.29. The smallest absolute Gasteiger partial charge is 0.422 e. The van der Waals surface area contributed by atoms with Crippen LogP contribution in [0.25, 0.3) is 0 Å². The molecule has 0 saturated carbocycles. The maximum Gasteiger partial charge on any atom is 0.422 e. The fourth-order valence-electron chi connectivity index (χ4n) is 2.92. The number of halogens is 4. The molecule has 150 valence electrons. The number of amides is 1. The van der Waals surface area contributed by atoms with E-state index in [4.69, 9.17) is 11.6 Å². The van der Waals surface area contributed by atoms with Crippen molar-refractivity contribution in [1.82, 2.24) is 10.2 Å². The fraction of sp³-hybridized carbons (Fsp3) is 0.389. The summed E-state index contributed by atoms with van der Waals surface area (Å²) in [4.78, 5) is 14.5. The molecule has 1 aromatic carbocycles. The molecular formula is C18H18ClF3N4O2. The standard InChI is InChI=1S/C18H18ClF3N4O2/c19-15-7-8-16(25-24-15)26-9-1-2-12(10-26)17(27)23-13-3-5-14(6-4-13)28-11-18(20,21)22/h3-8,12H,1-2,9-11H2,(H,23,27)/t12-/m0/s1. The first kappa shape index (κ1) is 20.2. The fourth-order valence-corrected chi connectivity index (χ4v) is 3.02. The molecule has 1 N–H and O–H groups in total. The number of aromatic nitrogens is 2. The Hall–Kier alpha value is -2.55. The molecule has 3 rings (SSSR count). The van der Waals surface area contributed by atoms with Gasteiger partial charge < -0.3 is 15.0 Å². The van der Waals surface area contributed by atoms with Gasteiger partial charge in [-0.3, -0.25) is 4.79 Å². The van der Waals surface area contributed by atoms with Crippen molar-refractivity contribution in [3.63, 3.8) is 0 Å². The lowest BCUT2D eigenvalue weighted by molar-refractivity contribution is -0.153. The van der Waals surface area contributed by atoms with E-state index in [2.05, 4.69) is 20.3 Å². The number of piperidine rings is 1. The minimum absolute atomic E-state index is 0.0838. The van der Waals surface area contributed by atoms with Gasteiger partial charge in [-0.1, -0.05) is 11.6 Å². The summed E-state index contributed by atoms with van der Waals surface area (Å²) in [5, 5.41) is 11.0. The molecular weight excluding hydrogens is 397 g/mol. The first-order valence-electron chi connectivity index (χ1n) is 8.65. The maximum absolute atomic E-state index is 12.6. The Morgan fingerprint density at radius 2 is 1.96 bits per heavy atom. The summed E-state index contributed by atoms with van der Waals surface area (Å²) in [6.07, 6.45) is -2.84. The van der Waals surface area contributed by atoms with Crippen LogP contribution in [0.3, 0.4) is 0 Å². The number of hydrogen-bond donors (Lipinski definition) is 1. The summed E-state index contributed by atoms with van der Waals surface area (Å²) in [6, 6.07) is 9.20. The number of nitrogens with zero attached hydrogens (tertiary/aromatic N) is 3. The van der Waals surface area contributed by atoms with Crippen LogP contribution >= 0.6 is 11.6 Å². The van der Waals surface area contributed by atoms with Gasteiger partial charge in [0.2, 0.25) is 5.91 Å². The zero-order valence-electron chi connectivity index (χ0n) is 14.7. The van der Waals surface area contributed by atoms with Gasteiger partial charge in [0.15, 0.2) is 17.6 Å². The topological polar surface area (TPSA) is 67.3 Å². The summed E-state index contributed by atoms with van der Waals surface area (Å²) in [6.45, 7) is -0.0928. The van der Waals surface area contributed by atoms with Gasteiger partial charge in [0.25, 0.3) is 0 Å². The van der Waals surface area contributed by atoms with Gasteiger partial charge in [-0.25, -0.2) is 0 Å². The largest absolute Gasteiger partial charge is 0.484 e. The predicted octanol–water partition coefficient (Wildman–Crippen LogP) is 3.93. The average molecular weight is 415 g/mol. The van der Waals surface area contributed by atoms with Crippen molar-refractivity contribution in [1.29, 1.82) is 0 Å². The molecule has 1 amide bonds. The van der Waals surface area contributed by atoms with E-state index in [-0.39, 0.29) is 17.6 Å². The van der Waals surface area contributed by atoms with E-state index >= 15 is 0 Å². The molecule has 1 aliphatic heterocycles. The van der Waals surface area contributed by atoms with E-state index in [9.17, 15) is 18.0 Å². The molecule has 1 atom stereocenters. The quantitative estimate of drug-likeness (QED) is 0.803. The third-order valence-corrected chi connectivity index (χ3v) is 4.46. The average Bonchev–Trinajstić information content (AvgIpc) is 2.67. The van der Waals surface area contributed by atoms with E-state index in [0.717, 1.165) is 19.4 Å².